The van der Waals surface area contributed by atoms with Gasteiger partial charge in [0.2, 0.25) is 0 Å². The van der Waals surface area contributed by atoms with Gasteiger partial charge in [-0.05, 0) is 31.2 Å². The van der Waals surface area contributed by atoms with Crippen molar-refractivity contribution in [3.05, 3.63) is 35.4 Å². The maximum atomic E-state index is 12.4. The molecule has 0 aliphatic rings. The van der Waals surface area contributed by atoms with E-state index in [0.717, 1.165) is 12.1 Å². The Labute approximate surface area is 113 Å². The lowest BCUT2D eigenvalue weighted by Crippen LogP contribution is -2.19. The second-order valence-electron chi connectivity index (χ2n) is 4.22. The molecule has 1 unspecified atom stereocenters. The van der Waals surface area contributed by atoms with Crippen LogP contribution in [0.3, 0.4) is 0 Å². The van der Waals surface area contributed by atoms with E-state index < -0.39 is 24.8 Å². The van der Waals surface area contributed by atoms with Crippen LogP contribution < -0.4 is 5.32 Å². The standard InChI is InChI=1S/C13H16F5NO/c1-19-11(6-7-20-8-12(14)15)9-2-4-10(5-3-9)13(16,17)18/h2-5,11-12,19H,6-8H2,1H3. The van der Waals surface area contributed by atoms with Gasteiger partial charge in [0.05, 0.1) is 5.56 Å². The highest BCUT2D eigenvalue weighted by atomic mass is 19.4. The van der Waals surface area contributed by atoms with Crippen LogP contribution in [0.5, 0.6) is 0 Å². The number of ether oxygens (including phenoxy) is 1. The molecular formula is C13H16F5NO. The Kier molecular flexibility index (Phi) is 6.35. The SMILES string of the molecule is CNC(CCOCC(F)F)c1ccc(C(F)(F)F)cc1. The average molecular weight is 297 g/mol. The summed E-state index contributed by atoms with van der Waals surface area (Å²) in [7, 11) is 1.65. The van der Waals surface area contributed by atoms with Gasteiger partial charge in [-0.15, -0.1) is 0 Å². The maximum absolute atomic E-state index is 12.4. The summed E-state index contributed by atoms with van der Waals surface area (Å²) >= 11 is 0. The topological polar surface area (TPSA) is 21.3 Å². The van der Waals surface area contributed by atoms with Crippen LogP contribution in [0.2, 0.25) is 0 Å². The largest absolute Gasteiger partial charge is 0.416 e. The third-order valence-electron chi connectivity index (χ3n) is 2.78. The molecule has 2 nitrogen and oxygen atoms in total. The zero-order valence-corrected chi connectivity index (χ0v) is 10.9. The highest BCUT2D eigenvalue weighted by Gasteiger charge is 2.30. The lowest BCUT2D eigenvalue weighted by molar-refractivity contribution is -0.137. The molecule has 1 atom stereocenters. The summed E-state index contributed by atoms with van der Waals surface area (Å²) in [6.45, 7) is -0.527. The molecule has 7 heteroatoms. The van der Waals surface area contributed by atoms with Crippen LogP contribution in [0, 0.1) is 0 Å². The van der Waals surface area contributed by atoms with Gasteiger partial charge in [0.15, 0.2) is 0 Å². The van der Waals surface area contributed by atoms with E-state index in [4.69, 9.17) is 4.74 Å². The number of benzene rings is 1. The van der Waals surface area contributed by atoms with Gasteiger partial charge in [-0.25, -0.2) is 8.78 Å². The van der Waals surface area contributed by atoms with Crippen LogP contribution >= 0.6 is 0 Å². The molecule has 0 aromatic heterocycles. The molecule has 1 N–H and O–H groups in total. The van der Waals surface area contributed by atoms with E-state index in [1.807, 2.05) is 0 Å². The molecule has 0 bridgehead atoms. The summed E-state index contributed by atoms with van der Waals surface area (Å²) in [5.74, 6) is 0. The van der Waals surface area contributed by atoms with Gasteiger partial charge in [-0.3, -0.25) is 0 Å². The van der Waals surface area contributed by atoms with Gasteiger partial charge in [0, 0.05) is 12.6 Å². The summed E-state index contributed by atoms with van der Waals surface area (Å²) in [4.78, 5) is 0. The average Bonchev–Trinajstić information content (AvgIpc) is 2.38. The summed E-state index contributed by atoms with van der Waals surface area (Å²) in [5, 5.41) is 2.92. The Balaban J connectivity index is 2.57. The van der Waals surface area contributed by atoms with Gasteiger partial charge in [-0.2, -0.15) is 13.2 Å². The lowest BCUT2D eigenvalue weighted by atomic mass is 10.0. The summed E-state index contributed by atoms with van der Waals surface area (Å²) < 4.78 is 65.8. The van der Waals surface area contributed by atoms with E-state index in [9.17, 15) is 22.0 Å². The normalized spacial score (nSPS) is 13.8. The minimum absolute atomic E-state index is 0.108. The quantitative estimate of drug-likeness (QED) is 0.613. The fourth-order valence-corrected chi connectivity index (χ4v) is 1.76. The monoisotopic (exact) mass is 297 g/mol. The predicted octanol–water partition coefficient (Wildman–Crippen LogP) is 3.64. The van der Waals surface area contributed by atoms with E-state index >= 15 is 0 Å². The van der Waals surface area contributed by atoms with E-state index in [1.165, 1.54) is 12.1 Å². The summed E-state index contributed by atoms with van der Waals surface area (Å²) in [6, 6.07) is 4.50. The summed E-state index contributed by atoms with van der Waals surface area (Å²) in [6.07, 6.45) is -6.49. The molecule has 0 heterocycles. The van der Waals surface area contributed by atoms with Crippen molar-refractivity contribution in [2.75, 3.05) is 20.3 Å². The van der Waals surface area contributed by atoms with Crippen molar-refractivity contribution in [1.29, 1.82) is 0 Å². The van der Waals surface area contributed by atoms with Crippen molar-refractivity contribution < 1.29 is 26.7 Å². The molecule has 1 aromatic rings. The number of hydrogen-bond donors (Lipinski definition) is 1. The second kappa shape index (κ2) is 7.54. The first-order valence-electron chi connectivity index (χ1n) is 6.05. The van der Waals surface area contributed by atoms with Gasteiger partial charge < -0.3 is 10.1 Å². The van der Waals surface area contributed by atoms with Crippen LogP contribution in [-0.2, 0) is 10.9 Å². The maximum Gasteiger partial charge on any atom is 0.416 e. The summed E-state index contributed by atoms with van der Waals surface area (Å²) in [5.41, 5.74) is -0.0637. The van der Waals surface area contributed by atoms with Crippen molar-refractivity contribution in [3.8, 4) is 0 Å². The number of hydrogen-bond acceptors (Lipinski definition) is 2. The van der Waals surface area contributed by atoms with Crippen molar-refractivity contribution in [2.45, 2.75) is 25.1 Å². The Morgan fingerprint density at radius 2 is 1.75 bits per heavy atom. The highest BCUT2D eigenvalue weighted by Crippen LogP contribution is 2.30. The first-order valence-corrected chi connectivity index (χ1v) is 6.05. The van der Waals surface area contributed by atoms with E-state index in [0.29, 0.717) is 12.0 Å². The Hall–Kier alpha value is -1.21. The van der Waals surface area contributed by atoms with E-state index in [1.54, 1.807) is 7.05 Å². The first-order chi connectivity index (χ1) is 9.34. The fourth-order valence-electron chi connectivity index (χ4n) is 1.76. The molecule has 20 heavy (non-hydrogen) atoms. The van der Waals surface area contributed by atoms with Gasteiger partial charge in [0.1, 0.15) is 6.61 Å². The zero-order chi connectivity index (χ0) is 15.2. The van der Waals surface area contributed by atoms with E-state index in [-0.39, 0.29) is 12.6 Å². The third kappa shape index (κ3) is 5.42. The molecule has 0 fully saturated rings. The molecule has 0 amide bonds. The van der Waals surface area contributed by atoms with Gasteiger partial charge >= 0.3 is 6.18 Å². The minimum atomic E-state index is -4.37. The Morgan fingerprint density at radius 3 is 2.20 bits per heavy atom. The molecule has 1 aromatic carbocycles. The van der Waals surface area contributed by atoms with Crippen LogP contribution in [0.15, 0.2) is 24.3 Å². The molecule has 0 radical (unpaired) electrons. The molecular weight excluding hydrogens is 281 g/mol. The molecule has 0 spiro atoms. The highest BCUT2D eigenvalue weighted by molar-refractivity contribution is 5.26. The van der Waals surface area contributed by atoms with Crippen molar-refractivity contribution >= 4 is 0 Å². The molecule has 0 saturated heterocycles. The Morgan fingerprint density at radius 1 is 1.15 bits per heavy atom. The molecule has 0 aliphatic heterocycles. The number of halogens is 5. The van der Waals surface area contributed by atoms with Crippen LogP contribution in [0.4, 0.5) is 22.0 Å². The molecule has 0 aliphatic carbocycles. The molecule has 0 saturated carbocycles. The van der Waals surface area contributed by atoms with Crippen molar-refractivity contribution in [3.63, 3.8) is 0 Å². The smallest absolute Gasteiger partial charge is 0.375 e. The van der Waals surface area contributed by atoms with Crippen molar-refractivity contribution in [2.24, 2.45) is 0 Å². The van der Waals surface area contributed by atoms with Gasteiger partial charge in [0.25, 0.3) is 6.43 Å². The van der Waals surface area contributed by atoms with Gasteiger partial charge in [-0.1, -0.05) is 12.1 Å². The van der Waals surface area contributed by atoms with Crippen molar-refractivity contribution in [1.82, 2.24) is 5.32 Å². The van der Waals surface area contributed by atoms with Crippen LogP contribution in [0.1, 0.15) is 23.6 Å². The third-order valence-corrected chi connectivity index (χ3v) is 2.78. The minimum Gasteiger partial charge on any atom is -0.375 e. The zero-order valence-electron chi connectivity index (χ0n) is 10.9. The lowest BCUT2D eigenvalue weighted by Gasteiger charge is -2.17. The van der Waals surface area contributed by atoms with Crippen LogP contribution in [-0.4, -0.2) is 26.7 Å². The Bertz CT molecular complexity index is 391. The number of nitrogens with one attached hydrogen (secondary N) is 1. The van der Waals surface area contributed by atoms with E-state index in [2.05, 4.69) is 5.32 Å². The molecule has 114 valence electrons. The van der Waals surface area contributed by atoms with Crippen LogP contribution in [0.25, 0.3) is 0 Å². The fraction of sp³-hybridized carbons (Fsp3) is 0.538. The predicted molar refractivity (Wildman–Crippen MR) is 64.7 cm³/mol. The number of alkyl halides is 5. The molecule has 1 rings (SSSR count). The first kappa shape index (κ1) is 16.8. The number of rotatable bonds is 7. The second-order valence-corrected chi connectivity index (χ2v) is 4.22.